The number of pyridine rings is 1. The largest absolute Gasteiger partial charge is 0.373 e. The maximum Gasteiger partial charge on any atom is 0.125 e. The van der Waals surface area contributed by atoms with Crippen LogP contribution >= 0.6 is 0 Å². The van der Waals surface area contributed by atoms with E-state index < -0.39 is 0 Å². The van der Waals surface area contributed by atoms with Crippen molar-refractivity contribution < 1.29 is 0 Å². The van der Waals surface area contributed by atoms with E-state index in [4.69, 9.17) is 0 Å². The van der Waals surface area contributed by atoms with E-state index in [9.17, 15) is 0 Å². The van der Waals surface area contributed by atoms with Gasteiger partial charge in [0.25, 0.3) is 0 Å². The Morgan fingerprint density at radius 2 is 2.20 bits per heavy atom. The lowest BCUT2D eigenvalue weighted by atomic mass is 10.2. The first-order chi connectivity index (χ1) is 7.30. The molecular weight excluding hydrogens is 186 g/mol. The van der Waals surface area contributed by atoms with Crippen LogP contribution in [-0.4, -0.2) is 30.0 Å². The molecule has 0 aliphatic carbocycles. The summed E-state index contributed by atoms with van der Waals surface area (Å²) in [6.45, 7) is 7.70. The molecular formula is C12H21N3. The monoisotopic (exact) mass is 207 g/mol. The molecule has 84 valence electrons. The summed E-state index contributed by atoms with van der Waals surface area (Å²) in [5.74, 6) is 0.944. The molecule has 1 rings (SSSR count). The number of hydrogen-bond donors (Lipinski definition) is 1. The minimum atomic E-state index is 0.944. The SMILES string of the molecule is CCCN(CC)Cc1ccnc(NC)c1. The lowest BCUT2D eigenvalue weighted by Gasteiger charge is -2.19. The molecule has 0 radical (unpaired) electrons. The third-order valence-electron chi connectivity index (χ3n) is 2.47. The molecule has 1 N–H and O–H groups in total. The first kappa shape index (κ1) is 12.0. The Bertz CT molecular complexity index is 286. The van der Waals surface area contributed by atoms with Crippen LogP contribution in [0.3, 0.4) is 0 Å². The Hall–Kier alpha value is -1.09. The van der Waals surface area contributed by atoms with E-state index in [1.54, 1.807) is 0 Å². The van der Waals surface area contributed by atoms with Crippen molar-refractivity contribution in [2.75, 3.05) is 25.5 Å². The van der Waals surface area contributed by atoms with Gasteiger partial charge in [0.2, 0.25) is 0 Å². The standard InChI is InChI=1S/C12H21N3/c1-4-8-15(5-2)10-11-6-7-14-12(9-11)13-3/h6-7,9H,4-5,8,10H2,1-3H3,(H,13,14). The second-order valence-corrected chi connectivity index (χ2v) is 3.67. The predicted octanol–water partition coefficient (Wildman–Crippen LogP) is 2.36. The Morgan fingerprint density at radius 1 is 1.40 bits per heavy atom. The Balaban J connectivity index is 2.61. The molecule has 0 amide bonds. The minimum Gasteiger partial charge on any atom is -0.373 e. The number of anilines is 1. The zero-order chi connectivity index (χ0) is 11.1. The number of rotatable bonds is 6. The molecule has 0 saturated heterocycles. The van der Waals surface area contributed by atoms with Crippen LogP contribution in [0.4, 0.5) is 5.82 Å². The van der Waals surface area contributed by atoms with E-state index in [0.717, 1.165) is 25.5 Å². The summed E-state index contributed by atoms with van der Waals surface area (Å²) in [6, 6.07) is 4.19. The first-order valence-electron chi connectivity index (χ1n) is 5.65. The molecule has 0 aromatic carbocycles. The molecule has 0 aliphatic rings. The summed E-state index contributed by atoms with van der Waals surface area (Å²) >= 11 is 0. The van der Waals surface area contributed by atoms with Gasteiger partial charge in [0, 0.05) is 19.8 Å². The topological polar surface area (TPSA) is 28.2 Å². The van der Waals surface area contributed by atoms with Crippen molar-refractivity contribution in [2.45, 2.75) is 26.8 Å². The van der Waals surface area contributed by atoms with Crippen molar-refractivity contribution >= 4 is 5.82 Å². The summed E-state index contributed by atoms with van der Waals surface area (Å²) in [5.41, 5.74) is 1.32. The minimum absolute atomic E-state index is 0.944. The van der Waals surface area contributed by atoms with Crippen LogP contribution in [0.2, 0.25) is 0 Å². The summed E-state index contributed by atoms with van der Waals surface area (Å²) in [4.78, 5) is 6.65. The molecule has 0 bridgehead atoms. The Kier molecular flexibility index (Phi) is 5.12. The molecule has 0 fully saturated rings. The third kappa shape index (κ3) is 3.88. The average Bonchev–Trinajstić information content (AvgIpc) is 2.29. The van der Waals surface area contributed by atoms with Gasteiger partial charge >= 0.3 is 0 Å². The summed E-state index contributed by atoms with van der Waals surface area (Å²) in [7, 11) is 1.90. The number of nitrogens with zero attached hydrogens (tertiary/aromatic N) is 2. The summed E-state index contributed by atoms with van der Waals surface area (Å²) < 4.78 is 0. The summed E-state index contributed by atoms with van der Waals surface area (Å²) in [5, 5.41) is 3.06. The van der Waals surface area contributed by atoms with Gasteiger partial charge < -0.3 is 5.32 Å². The maximum atomic E-state index is 4.21. The molecule has 15 heavy (non-hydrogen) atoms. The van der Waals surface area contributed by atoms with Gasteiger partial charge in [-0.05, 0) is 37.2 Å². The van der Waals surface area contributed by atoms with E-state index in [2.05, 4.69) is 41.2 Å². The lowest BCUT2D eigenvalue weighted by Crippen LogP contribution is -2.23. The number of aromatic nitrogens is 1. The molecule has 3 heteroatoms. The van der Waals surface area contributed by atoms with Crippen molar-refractivity contribution in [1.82, 2.24) is 9.88 Å². The van der Waals surface area contributed by atoms with Crippen LogP contribution in [0.1, 0.15) is 25.8 Å². The predicted molar refractivity (Wildman–Crippen MR) is 65.0 cm³/mol. The first-order valence-corrected chi connectivity index (χ1v) is 5.65. The second kappa shape index (κ2) is 6.40. The van der Waals surface area contributed by atoms with Gasteiger partial charge in [0.15, 0.2) is 0 Å². The second-order valence-electron chi connectivity index (χ2n) is 3.67. The quantitative estimate of drug-likeness (QED) is 0.776. The molecule has 0 unspecified atom stereocenters. The molecule has 0 saturated carbocycles. The molecule has 1 heterocycles. The molecule has 1 aromatic rings. The fraction of sp³-hybridized carbons (Fsp3) is 0.583. The van der Waals surface area contributed by atoms with Crippen LogP contribution in [0.5, 0.6) is 0 Å². The zero-order valence-electron chi connectivity index (χ0n) is 9.95. The fourth-order valence-electron chi connectivity index (χ4n) is 1.63. The van der Waals surface area contributed by atoms with E-state index in [-0.39, 0.29) is 0 Å². The van der Waals surface area contributed by atoms with E-state index >= 15 is 0 Å². The lowest BCUT2D eigenvalue weighted by molar-refractivity contribution is 0.280. The Morgan fingerprint density at radius 3 is 2.80 bits per heavy atom. The third-order valence-corrected chi connectivity index (χ3v) is 2.47. The van der Waals surface area contributed by atoms with Gasteiger partial charge in [-0.1, -0.05) is 13.8 Å². The van der Waals surface area contributed by atoms with E-state index in [1.165, 1.54) is 12.0 Å². The van der Waals surface area contributed by atoms with Crippen LogP contribution in [0.25, 0.3) is 0 Å². The molecule has 0 atom stereocenters. The van der Waals surface area contributed by atoms with Crippen LogP contribution in [-0.2, 0) is 6.54 Å². The normalized spacial score (nSPS) is 10.7. The smallest absolute Gasteiger partial charge is 0.125 e. The van der Waals surface area contributed by atoms with Crippen molar-refractivity contribution in [2.24, 2.45) is 0 Å². The van der Waals surface area contributed by atoms with Crippen LogP contribution in [0, 0.1) is 0 Å². The highest BCUT2D eigenvalue weighted by atomic mass is 15.1. The maximum absolute atomic E-state index is 4.21. The van der Waals surface area contributed by atoms with Gasteiger partial charge in [-0.25, -0.2) is 4.98 Å². The van der Waals surface area contributed by atoms with Gasteiger partial charge in [-0.2, -0.15) is 0 Å². The van der Waals surface area contributed by atoms with Gasteiger partial charge in [-0.3, -0.25) is 4.90 Å². The summed E-state index contributed by atoms with van der Waals surface area (Å²) in [6.07, 6.45) is 3.07. The molecule has 0 spiro atoms. The highest BCUT2D eigenvalue weighted by Gasteiger charge is 2.02. The van der Waals surface area contributed by atoms with Crippen molar-refractivity contribution in [3.8, 4) is 0 Å². The average molecular weight is 207 g/mol. The molecule has 1 aromatic heterocycles. The Labute approximate surface area is 92.5 Å². The molecule has 0 aliphatic heterocycles. The van der Waals surface area contributed by atoms with Gasteiger partial charge in [0.1, 0.15) is 5.82 Å². The van der Waals surface area contributed by atoms with Gasteiger partial charge in [-0.15, -0.1) is 0 Å². The van der Waals surface area contributed by atoms with Crippen molar-refractivity contribution in [3.05, 3.63) is 23.9 Å². The number of nitrogens with one attached hydrogen (secondary N) is 1. The van der Waals surface area contributed by atoms with Crippen LogP contribution in [0.15, 0.2) is 18.3 Å². The van der Waals surface area contributed by atoms with Crippen molar-refractivity contribution in [1.29, 1.82) is 0 Å². The highest BCUT2D eigenvalue weighted by molar-refractivity contribution is 5.36. The fourth-order valence-corrected chi connectivity index (χ4v) is 1.63. The van der Waals surface area contributed by atoms with Gasteiger partial charge in [0.05, 0.1) is 0 Å². The van der Waals surface area contributed by atoms with E-state index in [0.29, 0.717) is 0 Å². The van der Waals surface area contributed by atoms with E-state index in [1.807, 2.05) is 13.2 Å². The number of hydrogen-bond acceptors (Lipinski definition) is 3. The van der Waals surface area contributed by atoms with Crippen molar-refractivity contribution in [3.63, 3.8) is 0 Å². The highest BCUT2D eigenvalue weighted by Crippen LogP contribution is 2.09. The molecule has 3 nitrogen and oxygen atoms in total. The van der Waals surface area contributed by atoms with Crippen LogP contribution < -0.4 is 5.32 Å². The zero-order valence-corrected chi connectivity index (χ0v) is 9.95.